The van der Waals surface area contributed by atoms with E-state index in [-0.39, 0.29) is 0 Å². The fraction of sp³-hybridized carbons (Fsp3) is 0.412. The molecule has 0 N–H and O–H groups in total. The van der Waals surface area contributed by atoms with Gasteiger partial charge in [-0.3, -0.25) is 0 Å². The molecule has 0 aliphatic carbocycles. The topological polar surface area (TPSA) is 38.3 Å². The van der Waals surface area contributed by atoms with Crippen molar-refractivity contribution in [1.82, 2.24) is 9.97 Å². The molecule has 0 fully saturated rings. The zero-order valence-electron chi connectivity index (χ0n) is 13.3. The lowest BCUT2D eigenvalue weighted by molar-refractivity contribution is 0.398. The van der Waals surface area contributed by atoms with Crippen molar-refractivity contribution >= 4 is 5.82 Å². The number of aryl methyl sites for hydroxylation is 1. The lowest BCUT2D eigenvalue weighted by Gasteiger charge is -2.21. The molecule has 0 saturated carbocycles. The van der Waals surface area contributed by atoms with Crippen LogP contribution in [0.4, 0.5) is 5.82 Å². The van der Waals surface area contributed by atoms with E-state index in [1.54, 1.807) is 7.11 Å². The van der Waals surface area contributed by atoms with Gasteiger partial charge >= 0.3 is 0 Å². The summed E-state index contributed by atoms with van der Waals surface area (Å²) in [5.74, 6) is 1.65. The van der Waals surface area contributed by atoms with Crippen LogP contribution in [0, 0.1) is 0 Å². The lowest BCUT2D eigenvalue weighted by atomic mass is 10.1. The highest BCUT2D eigenvalue weighted by atomic mass is 16.5. The molecule has 0 amide bonds. The van der Waals surface area contributed by atoms with Crippen LogP contribution >= 0.6 is 0 Å². The maximum absolute atomic E-state index is 5.11. The summed E-state index contributed by atoms with van der Waals surface area (Å²) in [5.41, 5.74) is 3.27. The van der Waals surface area contributed by atoms with Gasteiger partial charge in [-0.15, -0.1) is 0 Å². The van der Waals surface area contributed by atoms with Crippen LogP contribution < -0.4 is 9.64 Å². The molecular weight excluding hydrogens is 262 g/mol. The van der Waals surface area contributed by atoms with Crippen molar-refractivity contribution in [1.29, 1.82) is 0 Å². The Morgan fingerprint density at radius 1 is 1.10 bits per heavy atom. The Labute approximate surface area is 126 Å². The summed E-state index contributed by atoms with van der Waals surface area (Å²) < 4.78 is 5.11. The Kier molecular flexibility index (Phi) is 5.14. The van der Waals surface area contributed by atoms with Gasteiger partial charge in [0, 0.05) is 30.9 Å². The molecule has 2 rings (SSSR count). The van der Waals surface area contributed by atoms with Crippen LogP contribution in [0.2, 0.25) is 0 Å². The molecule has 112 valence electrons. The number of aromatic nitrogens is 2. The van der Waals surface area contributed by atoms with Crippen LogP contribution in [0.25, 0.3) is 11.3 Å². The first-order valence-electron chi connectivity index (χ1n) is 7.48. The SMILES string of the molecule is CCc1cc(-c2ccc(OC)nc2)nc(N(CC)CC)c1. The van der Waals surface area contributed by atoms with Crippen molar-refractivity contribution in [3.8, 4) is 17.1 Å². The monoisotopic (exact) mass is 285 g/mol. The number of rotatable bonds is 6. The quantitative estimate of drug-likeness (QED) is 0.813. The molecule has 2 heterocycles. The number of methoxy groups -OCH3 is 1. The minimum absolute atomic E-state index is 0.620. The Balaban J connectivity index is 2.44. The van der Waals surface area contributed by atoms with Crippen LogP contribution in [0.15, 0.2) is 30.5 Å². The smallest absolute Gasteiger partial charge is 0.212 e. The summed E-state index contributed by atoms with van der Waals surface area (Å²) in [7, 11) is 1.62. The Hall–Kier alpha value is -2.10. The maximum atomic E-state index is 5.11. The molecule has 0 atom stereocenters. The fourth-order valence-corrected chi connectivity index (χ4v) is 2.29. The average molecular weight is 285 g/mol. The van der Waals surface area contributed by atoms with Crippen molar-refractivity contribution in [3.63, 3.8) is 0 Å². The molecule has 4 heteroatoms. The number of hydrogen-bond acceptors (Lipinski definition) is 4. The van der Waals surface area contributed by atoms with Gasteiger partial charge in [0.15, 0.2) is 0 Å². The van der Waals surface area contributed by atoms with Crippen molar-refractivity contribution in [3.05, 3.63) is 36.0 Å². The number of nitrogens with zero attached hydrogens (tertiary/aromatic N) is 3. The van der Waals surface area contributed by atoms with Crippen LogP contribution in [0.5, 0.6) is 5.88 Å². The predicted octanol–water partition coefficient (Wildman–Crippen LogP) is 3.56. The number of ether oxygens (including phenoxy) is 1. The second-order valence-corrected chi connectivity index (χ2v) is 4.83. The molecule has 21 heavy (non-hydrogen) atoms. The highest BCUT2D eigenvalue weighted by molar-refractivity contribution is 5.62. The number of pyridine rings is 2. The molecule has 0 aliphatic rings. The van der Waals surface area contributed by atoms with Crippen molar-refractivity contribution in [2.45, 2.75) is 27.2 Å². The Morgan fingerprint density at radius 3 is 2.38 bits per heavy atom. The van der Waals surface area contributed by atoms with Gasteiger partial charge in [-0.1, -0.05) is 6.92 Å². The second-order valence-electron chi connectivity index (χ2n) is 4.83. The van der Waals surface area contributed by atoms with Gasteiger partial charge < -0.3 is 9.64 Å². The van der Waals surface area contributed by atoms with Crippen molar-refractivity contribution in [2.24, 2.45) is 0 Å². The zero-order valence-corrected chi connectivity index (χ0v) is 13.3. The summed E-state index contributed by atoms with van der Waals surface area (Å²) >= 11 is 0. The standard InChI is InChI=1S/C17H23N3O/c1-5-13-10-15(14-8-9-17(21-4)18-12-14)19-16(11-13)20(6-2)7-3/h8-12H,5-7H2,1-4H3. The molecule has 4 nitrogen and oxygen atoms in total. The first kappa shape index (κ1) is 15.3. The normalized spacial score (nSPS) is 10.5. The maximum Gasteiger partial charge on any atom is 0.212 e. The van der Waals surface area contributed by atoms with E-state index in [0.717, 1.165) is 36.6 Å². The van der Waals surface area contributed by atoms with E-state index in [2.05, 4.69) is 42.8 Å². The Bertz CT molecular complexity index is 577. The van der Waals surface area contributed by atoms with E-state index in [1.165, 1.54) is 5.56 Å². The summed E-state index contributed by atoms with van der Waals surface area (Å²) in [5, 5.41) is 0. The average Bonchev–Trinajstić information content (AvgIpc) is 2.55. The van der Waals surface area contributed by atoms with Gasteiger partial charge in [0.25, 0.3) is 0 Å². The van der Waals surface area contributed by atoms with Gasteiger partial charge in [0.2, 0.25) is 5.88 Å². The Morgan fingerprint density at radius 2 is 1.86 bits per heavy atom. The lowest BCUT2D eigenvalue weighted by Crippen LogP contribution is -2.23. The first-order valence-corrected chi connectivity index (χ1v) is 7.48. The molecular formula is C17H23N3O. The zero-order chi connectivity index (χ0) is 15.2. The molecule has 0 aromatic carbocycles. The van der Waals surface area contributed by atoms with Gasteiger partial charge in [-0.25, -0.2) is 9.97 Å². The van der Waals surface area contributed by atoms with E-state index in [1.807, 2.05) is 18.3 Å². The second kappa shape index (κ2) is 7.07. The molecule has 0 unspecified atom stereocenters. The summed E-state index contributed by atoms with van der Waals surface area (Å²) in [6.07, 6.45) is 2.81. The molecule has 0 saturated heterocycles. The highest BCUT2D eigenvalue weighted by Crippen LogP contribution is 2.24. The molecule has 0 radical (unpaired) electrons. The molecule has 0 bridgehead atoms. The van der Waals surface area contributed by atoms with Gasteiger partial charge in [0.05, 0.1) is 12.8 Å². The third-order valence-electron chi connectivity index (χ3n) is 3.61. The van der Waals surface area contributed by atoms with E-state index in [4.69, 9.17) is 9.72 Å². The molecule has 2 aromatic rings. The number of hydrogen-bond donors (Lipinski definition) is 0. The predicted molar refractivity (Wildman–Crippen MR) is 87.0 cm³/mol. The van der Waals surface area contributed by atoms with E-state index >= 15 is 0 Å². The van der Waals surface area contributed by atoms with Crippen molar-refractivity contribution < 1.29 is 4.74 Å². The summed E-state index contributed by atoms with van der Waals surface area (Å²) in [6.45, 7) is 8.38. The van der Waals surface area contributed by atoms with Gasteiger partial charge in [-0.05, 0) is 44.0 Å². The van der Waals surface area contributed by atoms with Gasteiger partial charge in [0.1, 0.15) is 5.82 Å². The third kappa shape index (κ3) is 3.51. The minimum Gasteiger partial charge on any atom is -0.481 e. The van der Waals surface area contributed by atoms with Crippen LogP contribution in [-0.2, 0) is 6.42 Å². The molecule has 2 aromatic heterocycles. The third-order valence-corrected chi connectivity index (χ3v) is 3.61. The van der Waals surface area contributed by atoms with Crippen LogP contribution in [0.1, 0.15) is 26.3 Å². The number of anilines is 1. The highest BCUT2D eigenvalue weighted by Gasteiger charge is 2.09. The van der Waals surface area contributed by atoms with Crippen LogP contribution in [0.3, 0.4) is 0 Å². The van der Waals surface area contributed by atoms with Crippen LogP contribution in [-0.4, -0.2) is 30.2 Å². The van der Waals surface area contributed by atoms with E-state index in [9.17, 15) is 0 Å². The first-order chi connectivity index (χ1) is 10.2. The summed E-state index contributed by atoms with van der Waals surface area (Å²) in [6, 6.07) is 8.18. The molecule has 0 spiro atoms. The van der Waals surface area contributed by atoms with Gasteiger partial charge in [-0.2, -0.15) is 0 Å². The summed E-state index contributed by atoms with van der Waals surface area (Å²) in [4.78, 5) is 11.3. The molecule has 0 aliphatic heterocycles. The largest absolute Gasteiger partial charge is 0.481 e. The minimum atomic E-state index is 0.620. The van der Waals surface area contributed by atoms with E-state index < -0.39 is 0 Å². The fourth-order valence-electron chi connectivity index (χ4n) is 2.29. The van der Waals surface area contributed by atoms with Crippen molar-refractivity contribution in [2.75, 3.05) is 25.1 Å². The van der Waals surface area contributed by atoms with E-state index in [0.29, 0.717) is 5.88 Å².